The molecule has 0 saturated heterocycles. The standard InChI is InChI=1S/C7H9F2P/c1-10(8,9)7-5-3-2-4-6-7/h2-6,10H,1H3. The molecule has 0 bridgehead atoms. The summed E-state index contributed by atoms with van der Waals surface area (Å²) in [6.07, 6.45) is 0. The summed E-state index contributed by atoms with van der Waals surface area (Å²) in [5, 5.41) is 0.204. The van der Waals surface area contributed by atoms with Crippen molar-refractivity contribution in [3.63, 3.8) is 0 Å². The second kappa shape index (κ2) is 2.63. The first-order valence-corrected chi connectivity index (χ1v) is 5.29. The second-order valence-electron chi connectivity index (χ2n) is 2.25. The van der Waals surface area contributed by atoms with Gasteiger partial charge in [-0.1, -0.05) is 0 Å². The van der Waals surface area contributed by atoms with Gasteiger partial charge in [0.05, 0.1) is 0 Å². The van der Waals surface area contributed by atoms with Crippen LogP contribution in [-0.4, -0.2) is 6.66 Å². The van der Waals surface area contributed by atoms with Crippen molar-refractivity contribution >= 4 is 13.2 Å². The van der Waals surface area contributed by atoms with E-state index < -0.39 is 7.88 Å². The van der Waals surface area contributed by atoms with E-state index in [9.17, 15) is 8.39 Å². The van der Waals surface area contributed by atoms with Crippen LogP contribution >= 0.6 is 7.88 Å². The molecule has 0 aliphatic rings. The van der Waals surface area contributed by atoms with Crippen LogP contribution in [-0.2, 0) is 0 Å². The molecule has 0 radical (unpaired) electrons. The van der Waals surface area contributed by atoms with Gasteiger partial charge in [0.25, 0.3) is 0 Å². The fraction of sp³-hybridized carbons (Fsp3) is 0.143. The molecule has 0 N–H and O–H groups in total. The predicted molar refractivity (Wildman–Crippen MR) is 42.5 cm³/mol. The first-order chi connectivity index (χ1) is 4.61. The fourth-order valence-corrected chi connectivity index (χ4v) is 1.51. The van der Waals surface area contributed by atoms with E-state index in [0.29, 0.717) is 0 Å². The van der Waals surface area contributed by atoms with Gasteiger partial charge in [-0.05, 0) is 0 Å². The summed E-state index contributed by atoms with van der Waals surface area (Å²) in [5.74, 6) is 0. The summed E-state index contributed by atoms with van der Waals surface area (Å²) in [7, 11) is -4.03. The summed E-state index contributed by atoms with van der Waals surface area (Å²) in [6.45, 7) is 1.03. The third-order valence-electron chi connectivity index (χ3n) is 1.28. The molecule has 1 aromatic rings. The summed E-state index contributed by atoms with van der Waals surface area (Å²) in [6, 6.07) is 7.97. The van der Waals surface area contributed by atoms with Crippen LogP contribution in [0.15, 0.2) is 30.3 Å². The van der Waals surface area contributed by atoms with Gasteiger partial charge >= 0.3 is 58.6 Å². The van der Waals surface area contributed by atoms with Gasteiger partial charge in [0.2, 0.25) is 0 Å². The fourth-order valence-electron chi connectivity index (χ4n) is 0.731. The molecule has 1 rings (SSSR count). The van der Waals surface area contributed by atoms with Gasteiger partial charge < -0.3 is 0 Å². The molecule has 56 valence electrons. The maximum absolute atomic E-state index is 12.6. The van der Waals surface area contributed by atoms with Gasteiger partial charge in [0.1, 0.15) is 0 Å². The van der Waals surface area contributed by atoms with Crippen LogP contribution < -0.4 is 5.30 Å². The zero-order valence-corrected chi connectivity index (χ0v) is 6.64. The Morgan fingerprint density at radius 1 is 1.10 bits per heavy atom. The minimum absolute atomic E-state index is 0.204. The van der Waals surface area contributed by atoms with Crippen LogP contribution in [0.5, 0.6) is 0 Å². The Morgan fingerprint density at radius 3 is 1.90 bits per heavy atom. The number of hydrogen-bond donors (Lipinski definition) is 0. The van der Waals surface area contributed by atoms with Crippen LogP contribution in [0.1, 0.15) is 0 Å². The average molecular weight is 162 g/mol. The zero-order valence-electron chi connectivity index (χ0n) is 5.64. The van der Waals surface area contributed by atoms with Crippen LogP contribution in [0.3, 0.4) is 0 Å². The van der Waals surface area contributed by atoms with Crippen molar-refractivity contribution in [3.05, 3.63) is 30.3 Å². The Hall–Kier alpha value is -0.490. The van der Waals surface area contributed by atoms with E-state index in [0.717, 1.165) is 6.66 Å². The minimum atomic E-state index is -4.03. The molecular weight excluding hydrogens is 153 g/mol. The SMILES string of the molecule is C[PH](F)(F)c1ccccc1. The van der Waals surface area contributed by atoms with E-state index in [1.54, 1.807) is 18.2 Å². The van der Waals surface area contributed by atoms with Crippen molar-refractivity contribution in [3.8, 4) is 0 Å². The molecule has 0 saturated carbocycles. The van der Waals surface area contributed by atoms with Crippen molar-refractivity contribution in [1.82, 2.24) is 0 Å². The van der Waals surface area contributed by atoms with Crippen LogP contribution in [0.4, 0.5) is 8.39 Å². The molecule has 3 heteroatoms. The molecule has 0 aliphatic heterocycles. The third-order valence-corrected chi connectivity index (χ3v) is 2.63. The Morgan fingerprint density at radius 2 is 1.60 bits per heavy atom. The van der Waals surface area contributed by atoms with Gasteiger partial charge in [-0.25, -0.2) is 0 Å². The van der Waals surface area contributed by atoms with Crippen LogP contribution in [0, 0.1) is 0 Å². The molecular formula is C7H9F2P. The Balaban J connectivity index is 2.97. The van der Waals surface area contributed by atoms with Crippen molar-refractivity contribution in [1.29, 1.82) is 0 Å². The van der Waals surface area contributed by atoms with Crippen LogP contribution in [0.25, 0.3) is 0 Å². The molecule has 0 aliphatic carbocycles. The van der Waals surface area contributed by atoms with E-state index in [-0.39, 0.29) is 5.30 Å². The van der Waals surface area contributed by atoms with E-state index in [2.05, 4.69) is 0 Å². The Bertz CT molecular complexity index is 203. The van der Waals surface area contributed by atoms with Gasteiger partial charge in [0, 0.05) is 0 Å². The topological polar surface area (TPSA) is 0 Å². The second-order valence-corrected chi connectivity index (χ2v) is 4.61. The maximum atomic E-state index is 12.6. The molecule has 0 fully saturated rings. The van der Waals surface area contributed by atoms with Crippen LogP contribution in [0.2, 0.25) is 0 Å². The molecule has 0 spiro atoms. The summed E-state index contributed by atoms with van der Waals surface area (Å²) in [4.78, 5) is 0. The molecule has 0 aromatic heterocycles. The molecule has 1 aromatic carbocycles. The molecule has 0 amide bonds. The normalized spacial score (nSPS) is 13.1. The van der Waals surface area contributed by atoms with Gasteiger partial charge in [-0.2, -0.15) is 0 Å². The van der Waals surface area contributed by atoms with Crippen molar-refractivity contribution in [2.75, 3.05) is 6.66 Å². The Labute approximate surface area is 59.5 Å². The van der Waals surface area contributed by atoms with Gasteiger partial charge in [-0.3, -0.25) is 0 Å². The van der Waals surface area contributed by atoms with E-state index in [4.69, 9.17) is 0 Å². The Kier molecular flexibility index (Phi) is 2.00. The summed E-state index contributed by atoms with van der Waals surface area (Å²) in [5.41, 5.74) is 0. The first kappa shape index (κ1) is 7.62. The van der Waals surface area contributed by atoms with E-state index in [1.807, 2.05) is 0 Å². The van der Waals surface area contributed by atoms with Gasteiger partial charge in [0.15, 0.2) is 0 Å². The summed E-state index contributed by atoms with van der Waals surface area (Å²) < 4.78 is 25.2. The number of hydrogen-bond acceptors (Lipinski definition) is 0. The number of halogens is 2. The number of benzene rings is 1. The average Bonchev–Trinajstić information content (AvgIpc) is 1.88. The zero-order chi connectivity index (χ0) is 7.61. The van der Waals surface area contributed by atoms with E-state index >= 15 is 0 Å². The molecule has 0 unspecified atom stereocenters. The predicted octanol–water partition coefficient (Wildman–Crippen LogP) is 2.46. The molecule has 0 nitrogen and oxygen atoms in total. The molecule has 0 atom stereocenters. The molecule has 0 heterocycles. The first-order valence-electron chi connectivity index (χ1n) is 3.04. The monoisotopic (exact) mass is 162 g/mol. The quantitative estimate of drug-likeness (QED) is 0.556. The summed E-state index contributed by atoms with van der Waals surface area (Å²) >= 11 is 0. The third kappa shape index (κ3) is 1.74. The number of rotatable bonds is 1. The molecule has 10 heavy (non-hydrogen) atoms. The van der Waals surface area contributed by atoms with Crippen molar-refractivity contribution in [2.45, 2.75) is 0 Å². The van der Waals surface area contributed by atoms with Crippen molar-refractivity contribution in [2.24, 2.45) is 0 Å². The van der Waals surface area contributed by atoms with Crippen molar-refractivity contribution < 1.29 is 8.39 Å². The van der Waals surface area contributed by atoms with E-state index in [1.165, 1.54) is 12.1 Å². The van der Waals surface area contributed by atoms with Gasteiger partial charge in [-0.15, -0.1) is 0 Å².